The third-order valence-electron chi connectivity index (χ3n) is 4.89. The van der Waals surface area contributed by atoms with Gasteiger partial charge in [-0.25, -0.2) is 0 Å². The number of ether oxygens (including phenoxy) is 1. The van der Waals surface area contributed by atoms with E-state index in [4.69, 9.17) is 4.74 Å². The number of aromatic amines is 2. The van der Waals surface area contributed by atoms with E-state index in [-0.39, 0.29) is 28.2 Å². The summed E-state index contributed by atoms with van der Waals surface area (Å²) >= 11 is 1.09. The highest BCUT2D eigenvalue weighted by atomic mass is 32.1. The topological polar surface area (TPSA) is 96.5 Å². The predicted molar refractivity (Wildman–Crippen MR) is 107 cm³/mol. The number of nitrogens with zero attached hydrogens (tertiary/aromatic N) is 3. The fraction of sp³-hybridized carbons (Fsp3) is 0.158. The molecule has 0 atom stereocenters. The maximum atomic E-state index is 14.1. The van der Waals surface area contributed by atoms with Gasteiger partial charge in [0.25, 0.3) is 11.6 Å². The summed E-state index contributed by atoms with van der Waals surface area (Å²) in [6, 6.07) is 3.03. The zero-order valence-electron chi connectivity index (χ0n) is 15.5. The van der Waals surface area contributed by atoms with Crippen LogP contribution in [0, 0.1) is 6.92 Å². The third-order valence-corrected chi connectivity index (χ3v) is 6.00. The zero-order chi connectivity index (χ0) is 21.2. The molecule has 0 bridgehead atoms. The van der Waals surface area contributed by atoms with Crippen molar-refractivity contribution < 1.29 is 17.9 Å². The molecular formula is C19H12F3N5O2S. The number of aromatic nitrogens is 5. The molecule has 0 aliphatic carbocycles. The van der Waals surface area contributed by atoms with Crippen LogP contribution in [0.3, 0.4) is 0 Å². The van der Waals surface area contributed by atoms with Crippen molar-refractivity contribution in [1.82, 2.24) is 25.1 Å². The van der Waals surface area contributed by atoms with E-state index in [0.717, 1.165) is 11.3 Å². The number of H-pyrrole nitrogens is 2. The quantitative estimate of drug-likeness (QED) is 0.432. The molecule has 0 radical (unpaired) electrons. The fourth-order valence-corrected chi connectivity index (χ4v) is 4.86. The predicted octanol–water partition coefficient (Wildman–Crippen LogP) is 4.41. The van der Waals surface area contributed by atoms with Gasteiger partial charge >= 0.3 is 6.18 Å². The van der Waals surface area contributed by atoms with Gasteiger partial charge in [-0.05, 0) is 24.6 Å². The minimum Gasteiger partial charge on any atom is -0.468 e. The minimum absolute atomic E-state index is 0.0253. The second-order valence-corrected chi connectivity index (χ2v) is 7.67. The molecule has 7 nitrogen and oxygen atoms in total. The molecule has 1 aromatic carbocycles. The van der Waals surface area contributed by atoms with E-state index >= 15 is 0 Å². The molecule has 0 saturated heterocycles. The van der Waals surface area contributed by atoms with Crippen molar-refractivity contribution in [2.45, 2.75) is 13.1 Å². The number of aryl methyl sites for hydroxylation is 1. The van der Waals surface area contributed by atoms with Gasteiger partial charge in [-0.15, -0.1) is 11.3 Å². The summed E-state index contributed by atoms with van der Waals surface area (Å²) in [4.78, 5) is 23.9. The fourth-order valence-electron chi connectivity index (χ4n) is 3.70. The molecule has 5 aromatic rings. The molecule has 0 saturated carbocycles. The molecular weight excluding hydrogens is 419 g/mol. The van der Waals surface area contributed by atoms with Gasteiger partial charge in [-0.3, -0.25) is 19.9 Å². The standard InChI is InChI=1S/C19H12F3N5O2S/c1-7-5-10-9(6-24-27-10)11(13(7)19(20,21)22)14-15-8(3-4-23-14)12-16(28)25-18(29-2)26-17(12)30-15/h3-6H,1-2H3,(H,24,27)(H,25,26,28). The maximum Gasteiger partial charge on any atom is 0.417 e. The zero-order valence-corrected chi connectivity index (χ0v) is 16.3. The Hall–Kier alpha value is -3.47. The first kappa shape index (κ1) is 18.6. The van der Waals surface area contributed by atoms with Gasteiger partial charge < -0.3 is 4.74 Å². The maximum absolute atomic E-state index is 14.1. The van der Waals surface area contributed by atoms with Crippen LogP contribution in [-0.2, 0) is 6.18 Å². The first-order valence-corrected chi connectivity index (χ1v) is 9.51. The minimum atomic E-state index is -4.61. The van der Waals surface area contributed by atoms with E-state index in [2.05, 4.69) is 25.1 Å². The summed E-state index contributed by atoms with van der Waals surface area (Å²) in [6.07, 6.45) is -1.87. The molecule has 0 aliphatic heterocycles. The van der Waals surface area contributed by atoms with Crippen molar-refractivity contribution in [2.24, 2.45) is 0 Å². The number of halogens is 3. The normalized spacial score (nSPS) is 12.3. The van der Waals surface area contributed by atoms with Crippen molar-refractivity contribution >= 4 is 42.5 Å². The monoisotopic (exact) mass is 431 g/mol. The van der Waals surface area contributed by atoms with Crippen LogP contribution in [0.15, 0.2) is 29.3 Å². The van der Waals surface area contributed by atoms with Crippen LogP contribution in [0.4, 0.5) is 13.2 Å². The molecule has 30 heavy (non-hydrogen) atoms. The van der Waals surface area contributed by atoms with Gasteiger partial charge in [0.1, 0.15) is 4.83 Å². The molecule has 0 amide bonds. The van der Waals surface area contributed by atoms with Crippen LogP contribution in [-0.4, -0.2) is 32.3 Å². The van der Waals surface area contributed by atoms with Crippen LogP contribution >= 0.6 is 11.3 Å². The molecule has 4 heterocycles. The molecule has 5 rings (SSSR count). The van der Waals surface area contributed by atoms with Gasteiger partial charge in [0.05, 0.1) is 40.2 Å². The molecule has 0 spiro atoms. The highest BCUT2D eigenvalue weighted by Crippen LogP contribution is 2.46. The van der Waals surface area contributed by atoms with Crippen LogP contribution in [0.25, 0.3) is 42.5 Å². The Balaban J connectivity index is 1.97. The Kier molecular flexibility index (Phi) is 3.87. The molecule has 0 unspecified atom stereocenters. The summed E-state index contributed by atoms with van der Waals surface area (Å²) in [5, 5.41) is 7.69. The number of methoxy groups -OCH3 is 1. The summed E-state index contributed by atoms with van der Waals surface area (Å²) in [6.45, 7) is 1.40. The smallest absolute Gasteiger partial charge is 0.417 e. The summed E-state index contributed by atoms with van der Waals surface area (Å²) in [5.41, 5.74) is -0.662. The van der Waals surface area contributed by atoms with Crippen molar-refractivity contribution in [3.8, 4) is 17.3 Å². The number of benzene rings is 1. The second-order valence-electron chi connectivity index (χ2n) is 6.67. The second kappa shape index (κ2) is 6.26. The Labute approximate surface area is 169 Å². The molecule has 152 valence electrons. The lowest BCUT2D eigenvalue weighted by molar-refractivity contribution is -0.137. The number of rotatable bonds is 2. The van der Waals surface area contributed by atoms with E-state index in [0.29, 0.717) is 25.8 Å². The molecule has 0 aliphatic rings. The van der Waals surface area contributed by atoms with Gasteiger partial charge in [-0.2, -0.15) is 23.3 Å². The van der Waals surface area contributed by atoms with Crippen LogP contribution in [0.5, 0.6) is 6.01 Å². The number of hydrogen-bond acceptors (Lipinski definition) is 6. The van der Waals surface area contributed by atoms with E-state index in [1.807, 2.05) is 0 Å². The first-order valence-electron chi connectivity index (χ1n) is 8.69. The molecule has 4 aromatic heterocycles. The molecule has 0 fully saturated rings. The molecule has 2 N–H and O–H groups in total. The number of nitrogens with one attached hydrogen (secondary N) is 2. The third kappa shape index (κ3) is 2.58. The van der Waals surface area contributed by atoms with Crippen LogP contribution in [0.1, 0.15) is 11.1 Å². The van der Waals surface area contributed by atoms with Crippen LogP contribution < -0.4 is 10.3 Å². The largest absolute Gasteiger partial charge is 0.468 e. The van der Waals surface area contributed by atoms with Gasteiger partial charge in [-0.1, -0.05) is 0 Å². The van der Waals surface area contributed by atoms with Gasteiger partial charge in [0.2, 0.25) is 0 Å². The number of thiophene rings is 1. The van der Waals surface area contributed by atoms with Crippen molar-refractivity contribution in [2.75, 3.05) is 7.11 Å². The Morgan fingerprint density at radius 2 is 2.03 bits per heavy atom. The number of pyridine rings is 1. The van der Waals surface area contributed by atoms with Gasteiger partial charge in [0, 0.05) is 22.5 Å². The number of fused-ring (bicyclic) bond motifs is 4. The number of alkyl halides is 3. The Morgan fingerprint density at radius 1 is 1.23 bits per heavy atom. The van der Waals surface area contributed by atoms with Crippen LogP contribution in [0.2, 0.25) is 0 Å². The van der Waals surface area contributed by atoms with Crippen molar-refractivity contribution in [1.29, 1.82) is 0 Å². The Morgan fingerprint density at radius 3 is 2.77 bits per heavy atom. The lowest BCUT2D eigenvalue weighted by atomic mass is 9.94. The summed E-state index contributed by atoms with van der Waals surface area (Å²) < 4.78 is 47.6. The molecule has 11 heteroatoms. The Bertz CT molecular complexity index is 1520. The lowest BCUT2D eigenvalue weighted by Crippen LogP contribution is -2.10. The van der Waals surface area contributed by atoms with E-state index < -0.39 is 17.3 Å². The SMILES string of the molecule is COc1nc2sc3c(-c4c(C(F)(F)F)c(C)cc5[nH]ncc45)nccc3c2c(=O)[nH]1. The van der Waals surface area contributed by atoms with Crippen molar-refractivity contribution in [3.05, 3.63) is 46.0 Å². The summed E-state index contributed by atoms with van der Waals surface area (Å²) in [5.74, 6) is 0. The van der Waals surface area contributed by atoms with E-state index in [1.54, 1.807) is 6.07 Å². The van der Waals surface area contributed by atoms with E-state index in [1.165, 1.54) is 32.5 Å². The summed E-state index contributed by atoms with van der Waals surface area (Å²) in [7, 11) is 1.36. The van der Waals surface area contributed by atoms with E-state index in [9.17, 15) is 18.0 Å². The first-order chi connectivity index (χ1) is 14.3. The lowest BCUT2D eigenvalue weighted by Gasteiger charge is -2.17. The van der Waals surface area contributed by atoms with Crippen molar-refractivity contribution in [3.63, 3.8) is 0 Å². The van der Waals surface area contributed by atoms with Gasteiger partial charge in [0.15, 0.2) is 0 Å². The average molecular weight is 431 g/mol. The highest BCUT2D eigenvalue weighted by molar-refractivity contribution is 7.26. The number of hydrogen-bond donors (Lipinski definition) is 2. The average Bonchev–Trinajstić information content (AvgIpc) is 3.29. The highest BCUT2D eigenvalue weighted by Gasteiger charge is 2.38.